The zero-order valence-electron chi connectivity index (χ0n) is 61.6. The molecule has 496 valence electrons. The van der Waals surface area contributed by atoms with E-state index in [1.807, 2.05) is 0 Å². The fourth-order valence-corrected chi connectivity index (χ4v) is 16.6. The number of hydrogen-bond donors (Lipinski definition) is 0. The van der Waals surface area contributed by atoms with Crippen molar-refractivity contribution in [2.75, 3.05) is 0 Å². The van der Waals surface area contributed by atoms with Crippen molar-refractivity contribution in [1.82, 2.24) is 0 Å². The van der Waals surface area contributed by atoms with Gasteiger partial charge >= 0.3 is 0 Å². The summed E-state index contributed by atoms with van der Waals surface area (Å²) >= 11 is 0. The number of fused-ring (bicyclic) bond motifs is 5. The maximum Gasteiger partial charge on any atom is -0.00112 e. The lowest BCUT2D eigenvalue weighted by molar-refractivity contribution is 0.590. The number of rotatable bonds is 4. The molecule has 0 unspecified atom stereocenters. The largest absolute Gasteiger partial charge is 0.0622 e. The Hall–Kier alpha value is -11.2. The summed E-state index contributed by atoms with van der Waals surface area (Å²) in [6, 6.07) is 104. The van der Waals surface area contributed by atoms with Crippen molar-refractivity contribution < 1.29 is 0 Å². The van der Waals surface area contributed by atoms with Crippen LogP contribution in [0.1, 0.15) is 97.2 Å². The van der Waals surface area contributed by atoms with Gasteiger partial charge in [0.05, 0.1) is 0 Å². The average molecular weight is 1310 g/mol. The van der Waals surface area contributed by atoms with Crippen LogP contribution in [0.3, 0.4) is 0 Å². The fourth-order valence-electron chi connectivity index (χ4n) is 16.6. The third kappa shape index (κ3) is 11.5. The number of benzene rings is 18. The van der Waals surface area contributed by atoms with Crippen LogP contribution in [-0.4, -0.2) is 0 Å². The second-order valence-corrected chi connectivity index (χ2v) is 31.2. The van der Waals surface area contributed by atoms with E-state index in [4.69, 9.17) is 0 Å². The topological polar surface area (TPSA) is 0 Å². The van der Waals surface area contributed by atoms with Crippen molar-refractivity contribution in [1.29, 1.82) is 0 Å². The van der Waals surface area contributed by atoms with Gasteiger partial charge in [-0.25, -0.2) is 0 Å². The molecule has 0 aromatic heterocycles. The predicted molar refractivity (Wildman–Crippen MR) is 447 cm³/mol. The first kappa shape index (κ1) is 65.4. The van der Waals surface area contributed by atoms with E-state index in [1.54, 1.807) is 0 Å². The van der Waals surface area contributed by atoms with Crippen LogP contribution in [0.4, 0.5) is 0 Å². The molecule has 18 aromatic rings. The molecule has 0 aliphatic heterocycles. The Kier molecular flexibility index (Phi) is 16.3. The molecular weight excluding hydrogens is 1230 g/mol. The van der Waals surface area contributed by atoms with E-state index in [2.05, 4.69) is 376 Å². The molecule has 0 nitrogen and oxygen atoms in total. The summed E-state index contributed by atoms with van der Waals surface area (Å²) in [5.41, 5.74) is 29.6. The summed E-state index contributed by atoms with van der Waals surface area (Å²) in [6.45, 7) is 31.3. The molecule has 0 N–H and O–H groups in total. The number of aryl methyl sites for hydroxylation is 8. The molecule has 0 atom stereocenters. The second kappa shape index (κ2) is 25.5. The van der Waals surface area contributed by atoms with Gasteiger partial charge in [-0.05, 0) is 287 Å². The van der Waals surface area contributed by atoms with E-state index in [0.29, 0.717) is 0 Å². The minimum atomic E-state index is 0.149. The van der Waals surface area contributed by atoms with Crippen molar-refractivity contribution in [2.24, 2.45) is 0 Å². The van der Waals surface area contributed by atoms with Gasteiger partial charge in [-0.15, -0.1) is 0 Å². The van der Waals surface area contributed by atoms with Crippen LogP contribution in [0.2, 0.25) is 0 Å². The Labute approximate surface area is 602 Å². The molecule has 0 saturated carbocycles. The van der Waals surface area contributed by atoms with Gasteiger partial charge in [-0.1, -0.05) is 320 Å². The van der Waals surface area contributed by atoms with E-state index < -0.39 is 0 Å². The fraction of sp³-hybridized carbons (Fsp3) is 0.157. The minimum Gasteiger partial charge on any atom is -0.0622 e. The van der Waals surface area contributed by atoms with Crippen molar-refractivity contribution >= 4 is 97.0 Å². The zero-order valence-corrected chi connectivity index (χ0v) is 61.6. The highest BCUT2D eigenvalue weighted by molar-refractivity contribution is 6.29. The molecule has 19 rings (SSSR count). The Bertz CT molecular complexity index is 6010. The highest BCUT2D eigenvalue weighted by Crippen LogP contribution is 2.56. The highest BCUT2D eigenvalue weighted by Gasteiger charge is 2.30. The maximum absolute atomic E-state index is 2.38. The highest BCUT2D eigenvalue weighted by atomic mass is 14.3. The van der Waals surface area contributed by atoms with Gasteiger partial charge in [0, 0.05) is 0 Å². The predicted octanol–water partition coefficient (Wildman–Crippen LogP) is 29.4. The van der Waals surface area contributed by atoms with E-state index in [1.165, 1.54) is 219 Å². The lowest BCUT2D eigenvalue weighted by Gasteiger charge is -2.22. The normalized spacial score (nSPS) is 12.0. The average Bonchev–Trinajstić information content (AvgIpc) is 1.45. The van der Waals surface area contributed by atoms with E-state index in [9.17, 15) is 0 Å². The molecule has 0 radical (unpaired) electrons. The lowest BCUT2D eigenvalue weighted by Crippen LogP contribution is -2.10. The molecular formula is C102H88. The summed E-state index contributed by atoms with van der Waals surface area (Å²) in [6.07, 6.45) is 0. The standard InChI is InChI=1S/C38H38.C30H22.C18H14.C16H14/c1-23-21-33(25-9-13-27(14-10-25)37(3,4)5)31-20-18-30-24(2)22-34(32-19-17-29(23)35(31)36(30)32)26-11-15-28(16-12-26)38(6,7)8;1-19-16-17-25-28-23(19)14-9-15-24(28)30-27(22-12-7-4-8-13-22)20(2)18-26(29(25)30)21-10-5-3-6-11-21;1-11-3-5-13-8-10-16-12(2)4-6-14-7-9-15(11)17(13)18(14)16;1-11-3-5-13-10-16-8-12(2)4-6-14(16)9-15(13)7-11/h9-22H,1-8H3;3-18H,1-2H3;3-10H,1-2H3;3-10H,1-2H3. The van der Waals surface area contributed by atoms with Crippen LogP contribution >= 0.6 is 0 Å². The molecule has 18 aromatic carbocycles. The first-order valence-corrected chi connectivity index (χ1v) is 36.4. The molecule has 0 amide bonds. The molecule has 0 saturated heterocycles. The Morgan fingerprint density at radius 2 is 0.559 bits per heavy atom. The zero-order chi connectivity index (χ0) is 70.6. The minimum absolute atomic E-state index is 0.149. The van der Waals surface area contributed by atoms with Crippen LogP contribution in [0, 0.1) is 55.4 Å². The Morgan fingerprint density at radius 1 is 0.186 bits per heavy atom. The molecule has 0 fully saturated rings. The summed E-state index contributed by atoms with van der Waals surface area (Å²) in [5, 5.41) is 24.6. The van der Waals surface area contributed by atoms with Gasteiger partial charge in [-0.2, -0.15) is 0 Å². The second-order valence-electron chi connectivity index (χ2n) is 31.2. The van der Waals surface area contributed by atoms with Crippen LogP contribution in [0.25, 0.3) is 164 Å². The van der Waals surface area contributed by atoms with Crippen molar-refractivity contribution in [3.05, 3.63) is 335 Å². The van der Waals surface area contributed by atoms with Crippen LogP contribution in [-0.2, 0) is 10.8 Å². The molecule has 0 heteroatoms. The van der Waals surface area contributed by atoms with Crippen LogP contribution in [0.15, 0.2) is 279 Å². The van der Waals surface area contributed by atoms with E-state index in [0.717, 1.165) is 0 Å². The molecule has 0 heterocycles. The molecule has 0 bridgehead atoms. The summed E-state index contributed by atoms with van der Waals surface area (Å²) in [5.74, 6) is 0. The van der Waals surface area contributed by atoms with Gasteiger partial charge in [0.2, 0.25) is 0 Å². The van der Waals surface area contributed by atoms with Crippen LogP contribution in [0.5, 0.6) is 0 Å². The van der Waals surface area contributed by atoms with Crippen molar-refractivity contribution in [3.63, 3.8) is 0 Å². The van der Waals surface area contributed by atoms with Crippen LogP contribution < -0.4 is 0 Å². The molecule has 1 aliphatic carbocycles. The first-order chi connectivity index (χ1) is 49.1. The SMILES string of the molecule is Cc1cc(-c2ccc(C(C)(C)C)cc2)c2ccc3c(C)cc(-c4ccc(C(C)(C)C)cc4)c4ccc1c2c34.Cc1cc(-c2ccccc2)c2c(c1-c1ccccc1)-c1cccc3c(C)ccc-2c13.Cc1ccc2cc3cc(C)ccc3cc2c1.Cc1ccc2ccc3c(C)ccc4ccc1c2c43. The van der Waals surface area contributed by atoms with E-state index >= 15 is 0 Å². The maximum atomic E-state index is 2.38. The van der Waals surface area contributed by atoms with Crippen molar-refractivity contribution in [3.8, 4) is 66.8 Å². The molecule has 1 aliphatic rings. The third-order valence-electron chi connectivity index (χ3n) is 22.1. The van der Waals surface area contributed by atoms with Crippen molar-refractivity contribution in [2.45, 2.75) is 108 Å². The van der Waals surface area contributed by atoms with Gasteiger partial charge in [0.1, 0.15) is 0 Å². The Morgan fingerprint density at radius 3 is 1.03 bits per heavy atom. The van der Waals surface area contributed by atoms with Gasteiger partial charge in [-0.3, -0.25) is 0 Å². The Balaban J connectivity index is 0.000000111. The molecule has 102 heavy (non-hydrogen) atoms. The summed E-state index contributed by atoms with van der Waals surface area (Å²) < 4.78 is 0. The monoisotopic (exact) mass is 1310 g/mol. The molecule has 0 spiro atoms. The number of hydrogen-bond acceptors (Lipinski definition) is 0. The van der Waals surface area contributed by atoms with Gasteiger partial charge < -0.3 is 0 Å². The lowest BCUT2D eigenvalue weighted by atomic mass is 9.82. The van der Waals surface area contributed by atoms with E-state index in [-0.39, 0.29) is 10.8 Å². The summed E-state index contributed by atoms with van der Waals surface area (Å²) in [7, 11) is 0. The smallest absolute Gasteiger partial charge is 0.00112 e. The summed E-state index contributed by atoms with van der Waals surface area (Å²) in [4.78, 5) is 0. The third-order valence-corrected chi connectivity index (χ3v) is 22.1. The van der Waals surface area contributed by atoms with Gasteiger partial charge in [0.15, 0.2) is 0 Å². The van der Waals surface area contributed by atoms with Gasteiger partial charge in [0.25, 0.3) is 0 Å². The first-order valence-electron chi connectivity index (χ1n) is 36.4. The quantitative estimate of drug-likeness (QED) is 0.122.